The first-order valence-corrected chi connectivity index (χ1v) is 11.3. The van der Waals surface area contributed by atoms with E-state index in [1.165, 1.54) is 0 Å². The van der Waals surface area contributed by atoms with Crippen LogP contribution in [0.2, 0.25) is 0 Å². The SMILES string of the molecule is CC1CC(N2CCC(n3c(=O)[nH]c4ccccc43)CC2)CCN1C(=O)c1cccnc1. The van der Waals surface area contributed by atoms with Gasteiger partial charge in [-0.25, -0.2) is 4.79 Å². The molecule has 1 amide bonds. The molecule has 0 radical (unpaired) electrons. The van der Waals surface area contributed by atoms with E-state index in [2.05, 4.69) is 21.8 Å². The van der Waals surface area contributed by atoms with Gasteiger partial charge in [-0.05, 0) is 56.9 Å². The van der Waals surface area contributed by atoms with E-state index in [9.17, 15) is 9.59 Å². The molecule has 2 aliphatic heterocycles. The molecule has 0 aliphatic carbocycles. The molecule has 4 heterocycles. The lowest BCUT2D eigenvalue weighted by Crippen LogP contribution is -2.52. The molecule has 1 aromatic carbocycles. The van der Waals surface area contributed by atoms with Gasteiger partial charge in [-0.1, -0.05) is 12.1 Å². The molecular weight excluding hydrogens is 390 g/mol. The molecule has 2 aromatic heterocycles. The second kappa shape index (κ2) is 8.30. The van der Waals surface area contributed by atoms with Crippen LogP contribution in [0.5, 0.6) is 0 Å². The summed E-state index contributed by atoms with van der Waals surface area (Å²) >= 11 is 0. The number of H-pyrrole nitrogens is 1. The van der Waals surface area contributed by atoms with Crippen molar-refractivity contribution in [1.29, 1.82) is 0 Å². The lowest BCUT2D eigenvalue weighted by molar-refractivity contribution is 0.0396. The van der Waals surface area contributed by atoms with Crippen molar-refractivity contribution >= 4 is 16.9 Å². The molecule has 7 nitrogen and oxygen atoms in total. The zero-order chi connectivity index (χ0) is 21.4. The number of imidazole rings is 1. The fraction of sp³-hybridized carbons (Fsp3) is 0.458. The molecule has 2 saturated heterocycles. The van der Waals surface area contributed by atoms with E-state index in [-0.39, 0.29) is 23.7 Å². The van der Waals surface area contributed by atoms with Crippen LogP contribution in [0.3, 0.4) is 0 Å². The van der Waals surface area contributed by atoms with Gasteiger partial charge in [-0.3, -0.25) is 14.3 Å². The van der Waals surface area contributed by atoms with E-state index in [1.54, 1.807) is 12.4 Å². The summed E-state index contributed by atoms with van der Waals surface area (Å²) in [6.07, 6.45) is 7.28. The zero-order valence-electron chi connectivity index (χ0n) is 17.9. The number of hydrogen-bond acceptors (Lipinski definition) is 4. The van der Waals surface area contributed by atoms with Gasteiger partial charge in [0, 0.05) is 50.2 Å². The van der Waals surface area contributed by atoms with Crippen molar-refractivity contribution in [2.24, 2.45) is 0 Å². The van der Waals surface area contributed by atoms with Crippen molar-refractivity contribution in [3.05, 3.63) is 64.8 Å². The third kappa shape index (κ3) is 3.78. The molecule has 2 atom stereocenters. The fourth-order valence-electron chi connectivity index (χ4n) is 5.38. The number of benzene rings is 1. The minimum atomic E-state index is -0.00417. The fourth-order valence-corrected chi connectivity index (χ4v) is 5.38. The van der Waals surface area contributed by atoms with E-state index in [0.29, 0.717) is 11.6 Å². The molecule has 2 unspecified atom stereocenters. The molecule has 7 heteroatoms. The highest BCUT2D eigenvalue weighted by atomic mass is 16.2. The normalized spacial score (nSPS) is 23.3. The van der Waals surface area contributed by atoms with Crippen LogP contribution in [0.1, 0.15) is 49.0 Å². The third-order valence-corrected chi connectivity index (χ3v) is 7.02. The standard InChI is InChI=1S/C24H29N5O2/c1-17-15-20(10-14-28(17)23(30)18-5-4-11-25-16-18)27-12-8-19(9-13-27)29-22-7-3-2-6-21(22)26-24(29)31/h2-7,11,16-17,19-20H,8-10,12-15H2,1H3,(H,26,31). The van der Waals surface area contributed by atoms with Gasteiger partial charge in [0.15, 0.2) is 0 Å². The molecular formula is C24H29N5O2. The van der Waals surface area contributed by atoms with Crippen LogP contribution in [0, 0.1) is 0 Å². The number of para-hydroxylation sites is 2. The number of hydrogen-bond donors (Lipinski definition) is 1. The first-order chi connectivity index (χ1) is 15.1. The minimum Gasteiger partial charge on any atom is -0.336 e. The summed E-state index contributed by atoms with van der Waals surface area (Å²) in [5.74, 6) is 0.0801. The minimum absolute atomic E-state index is 0.00417. The molecule has 162 valence electrons. The average molecular weight is 420 g/mol. The van der Waals surface area contributed by atoms with Crippen LogP contribution in [-0.4, -0.2) is 62.0 Å². The number of pyridine rings is 1. The number of nitrogens with one attached hydrogen (secondary N) is 1. The largest absolute Gasteiger partial charge is 0.336 e. The molecule has 2 fully saturated rings. The lowest BCUT2D eigenvalue weighted by atomic mass is 9.93. The summed E-state index contributed by atoms with van der Waals surface area (Å²) in [7, 11) is 0. The topological polar surface area (TPSA) is 74.2 Å². The number of aromatic nitrogens is 3. The molecule has 0 bridgehead atoms. The number of amides is 1. The predicted molar refractivity (Wildman–Crippen MR) is 120 cm³/mol. The van der Waals surface area contributed by atoms with E-state index in [4.69, 9.17) is 0 Å². The van der Waals surface area contributed by atoms with Crippen LogP contribution >= 0.6 is 0 Å². The highest BCUT2D eigenvalue weighted by Gasteiger charge is 2.34. The number of carbonyl (C=O) groups excluding carboxylic acids is 1. The number of carbonyl (C=O) groups is 1. The van der Waals surface area contributed by atoms with Crippen molar-refractivity contribution in [2.75, 3.05) is 19.6 Å². The maximum Gasteiger partial charge on any atom is 0.326 e. The van der Waals surface area contributed by atoms with Gasteiger partial charge in [0.05, 0.1) is 16.6 Å². The number of nitrogens with zero attached hydrogens (tertiary/aromatic N) is 4. The second-order valence-electron chi connectivity index (χ2n) is 8.85. The summed E-state index contributed by atoms with van der Waals surface area (Å²) in [4.78, 5) is 37.0. The van der Waals surface area contributed by atoms with Crippen molar-refractivity contribution in [3.63, 3.8) is 0 Å². The Hall–Kier alpha value is -2.93. The van der Waals surface area contributed by atoms with Gasteiger partial charge in [0.1, 0.15) is 0 Å². The monoisotopic (exact) mass is 419 g/mol. The molecule has 5 rings (SSSR count). The van der Waals surface area contributed by atoms with E-state index in [0.717, 1.165) is 56.4 Å². The summed E-state index contributed by atoms with van der Waals surface area (Å²) in [5, 5.41) is 0. The van der Waals surface area contributed by atoms with Crippen molar-refractivity contribution in [2.45, 2.75) is 50.7 Å². The summed E-state index contributed by atoms with van der Waals surface area (Å²) in [6.45, 7) is 4.91. The lowest BCUT2D eigenvalue weighted by Gasteiger charge is -2.44. The maximum atomic E-state index is 12.8. The summed E-state index contributed by atoms with van der Waals surface area (Å²) in [5.41, 5.74) is 2.57. The Balaban J connectivity index is 1.21. The van der Waals surface area contributed by atoms with Crippen molar-refractivity contribution < 1.29 is 4.79 Å². The van der Waals surface area contributed by atoms with Crippen molar-refractivity contribution in [3.8, 4) is 0 Å². The molecule has 2 aliphatic rings. The number of rotatable bonds is 3. The first-order valence-electron chi connectivity index (χ1n) is 11.3. The zero-order valence-corrected chi connectivity index (χ0v) is 17.9. The van der Waals surface area contributed by atoms with Gasteiger partial charge in [-0.2, -0.15) is 0 Å². The number of likely N-dealkylation sites (tertiary alicyclic amines) is 2. The van der Waals surface area contributed by atoms with E-state index in [1.807, 2.05) is 45.9 Å². The molecule has 0 saturated carbocycles. The molecule has 0 spiro atoms. The summed E-state index contributed by atoms with van der Waals surface area (Å²) < 4.78 is 1.95. The van der Waals surface area contributed by atoms with E-state index < -0.39 is 0 Å². The highest BCUT2D eigenvalue weighted by molar-refractivity contribution is 5.94. The Labute approximate surface area is 181 Å². The molecule has 31 heavy (non-hydrogen) atoms. The smallest absolute Gasteiger partial charge is 0.326 e. The average Bonchev–Trinajstić information content (AvgIpc) is 3.15. The molecule has 3 aromatic rings. The van der Waals surface area contributed by atoms with E-state index >= 15 is 0 Å². The van der Waals surface area contributed by atoms with Gasteiger partial charge in [-0.15, -0.1) is 0 Å². The van der Waals surface area contributed by atoms with Gasteiger partial charge in [0.25, 0.3) is 5.91 Å². The van der Waals surface area contributed by atoms with Crippen LogP contribution < -0.4 is 5.69 Å². The van der Waals surface area contributed by atoms with Crippen LogP contribution in [0.15, 0.2) is 53.6 Å². The summed E-state index contributed by atoms with van der Waals surface area (Å²) in [6, 6.07) is 12.5. The second-order valence-corrected chi connectivity index (χ2v) is 8.85. The highest BCUT2D eigenvalue weighted by Crippen LogP contribution is 2.30. The van der Waals surface area contributed by atoms with Crippen LogP contribution in [0.4, 0.5) is 0 Å². The maximum absolute atomic E-state index is 12.8. The Kier molecular flexibility index (Phi) is 5.36. The van der Waals surface area contributed by atoms with Crippen molar-refractivity contribution in [1.82, 2.24) is 24.3 Å². The predicted octanol–water partition coefficient (Wildman–Crippen LogP) is 3.05. The Bertz CT molecular complexity index is 1110. The van der Waals surface area contributed by atoms with Gasteiger partial charge >= 0.3 is 5.69 Å². The van der Waals surface area contributed by atoms with Gasteiger partial charge in [0.2, 0.25) is 0 Å². The first kappa shape index (κ1) is 20.0. The van der Waals surface area contributed by atoms with Crippen LogP contribution in [0.25, 0.3) is 11.0 Å². The third-order valence-electron chi connectivity index (χ3n) is 7.02. The Morgan fingerprint density at radius 3 is 2.55 bits per heavy atom. The molecule has 1 N–H and O–H groups in total. The Morgan fingerprint density at radius 1 is 1.03 bits per heavy atom. The number of fused-ring (bicyclic) bond motifs is 1. The van der Waals surface area contributed by atoms with Gasteiger partial charge < -0.3 is 14.8 Å². The number of piperidine rings is 2. The quantitative estimate of drug-likeness (QED) is 0.708. The van der Waals surface area contributed by atoms with Crippen LogP contribution in [-0.2, 0) is 0 Å². The Morgan fingerprint density at radius 2 is 1.81 bits per heavy atom. The number of aromatic amines is 1.